The number of imide groups is 1. The van der Waals surface area contributed by atoms with Gasteiger partial charge in [0.05, 0.1) is 13.9 Å². The van der Waals surface area contributed by atoms with Crippen molar-refractivity contribution in [3.8, 4) is 5.75 Å². The highest BCUT2D eigenvalue weighted by Gasteiger charge is 2.37. The van der Waals surface area contributed by atoms with E-state index in [0.717, 1.165) is 38.3 Å². The van der Waals surface area contributed by atoms with E-state index < -0.39 is 0 Å². The molecule has 0 N–H and O–H groups in total. The zero-order valence-electron chi connectivity index (χ0n) is 16.4. The summed E-state index contributed by atoms with van der Waals surface area (Å²) in [7, 11) is 0. The van der Waals surface area contributed by atoms with Crippen LogP contribution in [0.5, 0.6) is 5.75 Å². The quantitative estimate of drug-likeness (QED) is 0.374. The molecule has 0 aromatic heterocycles. The summed E-state index contributed by atoms with van der Waals surface area (Å²) in [6.07, 6.45) is 2.47. The van der Waals surface area contributed by atoms with Gasteiger partial charge in [-0.2, -0.15) is 0 Å². The Balaban J connectivity index is 1.79. The topological polar surface area (TPSA) is 46.6 Å². The van der Waals surface area contributed by atoms with Gasteiger partial charge in [0.2, 0.25) is 0 Å². The van der Waals surface area contributed by atoms with E-state index in [-0.39, 0.29) is 17.2 Å². The monoisotopic (exact) mass is 537 g/mol. The Kier molecular flexibility index (Phi) is 7.24. The molecule has 0 unspecified atom stereocenters. The number of hydrogen-bond donors (Lipinski definition) is 0. The average molecular weight is 539 g/mol. The van der Waals surface area contributed by atoms with Crippen molar-refractivity contribution in [1.82, 2.24) is 4.90 Å². The molecule has 2 amide bonds. The molecule has 0 spiro atoms. The first kappa shape index (κ1) is 22.1. The Labute approximate surface area is 191 Å². The fourth-order valence-corrected chi connectivity index (χ4v) is 5.33. The van der Waals surface area contributed by atoms with Crippen molar-refractivity contribution in [3.05, 3.63) is 66.9 Å². The lowest BCUT2D eigenvalue weighted by Gasteiger charge is -2.19. The summed E-state index contributed by atoms with van der Waals surface area (Å²) in [6.45, 7) is 6.34. The van der Waals surface area contributed by atoms with E-state index in [4.69, 9.17) is 4.74 Å². The molecule has 1 fully saturated rings. The second kappa shape index (κ2) is 9.49. The molecular weight excluding hydrogens is 518 g/mol. The van der Waals surface area contributed by atoms with Crippen LogP contribution in [0.4, 0.5) is 4.79 Å². The van der Waals surface area contributed by atoms with Crippen LogP contribution in [0.2, 0.25) is 0 Å². The summed E-state index contributed by atoms with van der Waals surface area (Å²) in [5.74, 6) is 0.456. The number of halogens is 2. The molecule has 1 atom stereocenters. The lowest BCUT2D eigenvalue weighted by atomic mass is 10.1. The van der Waals surface area contributed by atoms with Gasteiger partial charge in [-0.3, -0.25) is 14.5 Å². The Bertz CT molecular complexity index is 967. The van der Waals surface area contributed by atoms with Crippen molar-refractivity contribution in [2.45, 2.75) is 39.8 Å². The molecule has 1 aliphatic rings. The summed E-state index contributed by atoms with van der Waals surface area (Å²) in [6, 6.07) is 11.8. The molecule has 0 saturated carbocycles. The number of nitrogens with zero attached hydrogens (tertiary/aromatic N) is 1. The standard InChI is InChI=1S/C22H21Br2NO3S/c1-4-14(3)25-21(26)19(29-22(25)27)11-16-9-17(23)20(18(24)10-16)28-12-15-7-5-6-13(2)8-15/h5-11,14H,4,12H2,1-3H3/b19-11+/t14-/m1/s1. The minimum atomic E-state index is -0.235. The van der Waals surface area contributed by atoms with Crippen molar-refractivity contribution in [1.29, 1.82) is 0 Å². The van der Waals surface area contributed by atoms with Gasteiger partial charge in [-0.05, 0) is 93.2 Å². The predicted molar refractivity (Wildman–Crippen MR) is 125 cm³/mol. The Morgan fingerprint density at radius 2 is 1.86 bits per heavy atom. The van der Waals surface area contributed by atoms with E-state index in [1.807, 2.05) is 51.1 Å². The molecule has 2 aromatic rings. The Morgan fingerprint density at radius 3 is 2.48 bits per heavy atom. The highest BCUT2D eigenvalue weighted by Crippen LogP contribution is 2.38. The summed E-state index contributed by atoms with van der Waals surface area (Å²) in [5.41, 5.74) is 3.08. The zero-order valence-corrected chi connectivity index (χ0v) is 20.4. The highest BCUT2D eigenvalue weighted by molar-refractivity contribution is 9.11. The Hall–Kier alpha value is -1.57. The molecule has 0 aliphatic carbocycles. The molecule has 4 nitrogen and oxygen atoms in total. The average Bonchev–Trinajstić information content (AvgIpc) is 2.94. The van der Waals surface area contributed by atoms with Crippen molar-refractivity contribution in [2.24, 2.45) is 0 Å². The number of benzene rings is 2. The predicted octanol–water partition coefficient (Wildman–Crippen LogP) is 6.93. The third kappa shape index (κ3) is 5.13. The normalized spacial score (nSPS) is 16.6. The van der Waals surface area contributed by atoms with Crippen LogP contribution in [0.1, 0.15) is 37.0 Å². The van der Waals surface area contributed by atoms with E-state index >= 15 is 0 Å². The first-order valence-corrected chi connectivity index (χ1v) is 11.6. The Morgan fingerprint density at radius 1 is 1.17 bits per heavy atom. The second-order valence-corrected chi connectivity index (χ2v) is 9.60. The smallest absolute Gasteiger partial charge is 0.293 e. The number of ether oxygens (including phenoxy) is 1. The molecule has 1 heterocycles. The number of amides is 2. The van der Waals surface area contributed by atoms with Crippen LogP contribution >= 0.6 is 43.6 Å². The lowest BCUT2D eigenvalue weighted by Crippen LogP contribution is -2.36. The maximum atomic E-state index is 12.6. The van der Waals surface area contributed by atoms with E-state index in [1.165, 1.54) is 10.5 Å². The number of carbonyl (C=O) groups is 2. The fourth-order valence-electron chi connectivity index (χ4n) is 2.95. The number of hydrogen-bond acceptors (Lipinski definition) is 4. The number of aryl methyl sites for hydroxylation is 1. The molecule has 0 bridgehead atoms. The van der Waals surface area contributed by atoms with Gasteiger partial charge in [-0.1, -0.05) is 36.8 Å². The number of carbonyl (C=O) groups excluding carboxylic acids is 2. The molecule has 152 valence electrons. The zero-order chi connectivity index (χ0) is 21.1. The van der Waals surface area contributed by atoms with Gasteiger partial charge in [0.1, 0.15) is 12.4 Å². The van der Waals surface area contributed by atoms with Gasteiger partial charge in [0.15, 0.2) is 0 Å². The van der Waals surface area contributed by atoms with Crippen molar-refractivity contribution in [3.63, 3.8) is 0 Å². The largest absolute Gasteiger partial charge is 0.487 e. The first-order chi connectivity index (χ1) is 13.8. The van der Waals surface area contributed by atoms with Gasteiger partial charge in [0, 0.05) is 6.04 Å². The third-order valence-corrected chi connectivity index (χ3v) is 6.70. The van der Waals surface area contributed by atoms with Crippen LogP contribution < -0.4 is 4.74 Å². The molecule has 1 aliphatic heterocycles. The third-order valence-electron chi connectivity index (χ3n) is 4.64. The van der Waals surface area contributed by atoms with Crippen molar-refractivity contribution < 1.29 is 14.3 Å². The van der Waals surface area contributed by atoms with Crippen molar-refractivity contribution in [2.75, 3.05) is 0 Å². The summed E-state index contributed by atoms with van der Waals surface area (Å²) in [5, 5.41) is -0.216. The SMILES string of the molecule is CC[C@@H](C)N1C(=O)S/C(=C/c2cc(Br)c(OCc3cccc(C)c3)c(Br)c2)C1=O. The van der Waals surface area contributed by atoms with Crippen LogP contribution in [0.3, 0.4) is 0 Å². The van der Waals surface area contributed by atoms with Gasteiger partial charge < -0.3 is 4.74 Å². The minimum Gasteiger partial charge on any atom is -0.487 e. The van der Waals surface area contributed by atoms with Gasteiger partial charge in [-0.25, -0.2) is 0 Å². The number of rotatable bonds is 6. The van der Waals surface area contributed by atoms with Crippen LogP contribution in [0.15, 0.2) is 50.2 Å². The lowest BCUT2D eigenvalue weighted by molar-refractivity contribution is -0.124. The van der Waals surface area contributed by atoms with E-state index in [9.17, 15) is 9.59 Å². The molecule has 0 radical (unpaired) electrons. The van der Waals surface area contributed by atoms with Crippen LogP contribution in [0.25, 0.3) is 6.08 Å². The van der Waals surface area contributed by atoms with Gasteiger partial charge in [0.25, 0.3) is 11.1 Å². The first-order valence-electron chi connectivity index (χ1n) is 9.24. The molecule has 1 saturated heterocycles. The summed E-state index contributed by atoms with van der Waals surface area (Å²) >= 11 is 8.09. The van der Waals surface area contributed by atoms with Crippen LogP contribution in [-0.4, -0.2) is 22.1 Å². The maximum absolute atomic E-state index is 12.6. The molecular formula is C22H21Br2NO3S. The van der Waals surface area contributed by atoms with Crippen LogP contribution in [-0.2, 0) is 11.4 Å². The maximum Gasteiger partial charge on any atom is 0.293 e. The summed E-state index contributed by atoms with van der Waals surface area (Å²) < 4.78 is 7.53. The molecule has 7 heteroatoms. The molecule has 29 heavy (non-hydrogen) atoms. The van der Waals surface area contributed by atoms with E-state index in [2.05, 4.69) is 37.9 Å². The van der Waals surface area contributed by atoms with Crippen molar-refractivity contribution >= 4 is 60.8 Å². The minimum absolute atomic E-state index is 0.107. The second-order valence-electron chi connectivity index (χ2n) is 6.90. The molecule has 2 aromatic carbocycles. The van der Waals surface area contributed by atoms with Gasteiger partial charge >= 0.3 is 0 Å². The fraction of sp³-hybridized carbons (Fsp3) is 0.273. The highest BCUT2D eigenvalue weighted by atomic mass is 79.9. The van der Waals surface area contributed by atoms with Gasteiger partial charge in [-0.15, -0.1) is 0 Å². The van der Waals surface area contributed by atoms with Crippen LogP contribution in [0, 0.1) is 6.92 Å². The van der Waals surface area contributed by atoms with E-state index in [0.29, 0.717) is 17.3 Å². The summed E-state index contributed by atoms with van der Waals surface area (Å²) in [4.78, 5) is 26.6. The number of thioether (sulfide) groups is 1. The van der Waals surface area contributed by atoms with E-state index in [1.54, 1.807) is 6.08 Å². The molecule has 3 rings (SSSR count).